The number of aromatic nitrogens is 3. The molecular weight excluding hydrogens is 613 g/mol. The lowest BCUT2D eigenvalue weighted by atomic mass is 9.86. The van der Waals surface area contributed by atoms with Gasteiger partial charge in [0.2, 0.25) is 0 Å². The quantitative estimate of drug-likeness (QED) is 0.195. The second-order valence-corrected chi connectivity index (χ2v) is 11.1. The lowest BCUT2D eigenvalue weighted by Crippen LogP contribution is -2.35. The standard InChI is InChI=1S/C32H32ClF3N4O5/c1-39(24-15-25(17-27(16-24)43-2)40-19-37-18-38-40)30(28-10-8-23(33)14-29(28)44-12-11-41)31(42)21-4-3-20-7-9-26(45-32(34,35)36)13-22(20)6-5-21/h7-10,13-19,21,30,41H,3-6,11-12H2,1-2H3. The molecule has 1 aromatic heterocycles. The fraction of sp³-hybridized carbons (Fsp3) is 0.344. The highest BCUT2D eigenvalue weighted by atomic mass is 35.5. The molecule has 1 aliphatic carbocycles. The number of anilines is 1. The van der Waals surface area contributed by atoms with Crippen molar-refractivity contribution >= 4 is 23.1 Å². The summed E-state index contributed by atoms with van der Waals surface area (Å²) in [6.07, 6.45) is 0.00968. The van der Waals surface area contributed by atoms with Crippen LogP contribution in [0, 0.1) is 5.92 Å². The number of Topliss-reactive ketones (excluding diaryl/α,β-unsaturated/α-hetero) is 1. The molecule has 3 aromatic carbocycles. The number of methoxy groups -OCH3 is 1. The zero-order valence-corrected chi connectivity index (χ0v) is 25.4. The normalized spacial score (nSPS) is 15.5. The number of aryl methyl sites for hydroxylation is 2. The average molecular weight is 645 g/mol. The van der Waals surface area contributed by atoms with Gasteiger partial charge in [0.05, 0.1) is 19.4 Å². The minimum absolute atomic E-state index is 0.00532. The van der Waals surface area contributed by atoms with E-state index < -0.39 is 18.3 Å². The number of aliphatic hydroxyl groups excluding tert-OH is 1. The first-order chi connectivity index (χ1) is 21.6. The second kappa shape index (κ2) is 13.8. The van der Waals surface area contributed by atoms with Crippen LogP contribution in [0.5, 0.6) is 17.2 Å². The number of carbonyl (C=O) groups is 1. The van der Waals surface area contributed by atoms with Crippen molar-refractivity contribution in [1.29, 1.82) is 0 Å². The maximum Gasteiger partial charge on any atom is 0.573 e. The SMILES string of the molecule is COc1cc(N(C)C(C(=O)C2CCc3ccc(OC(F)(F)F)cc3CC2)c2ccc(Cl)cc2OCCO)cc(-n2cncn2)c1. The first kappa shape index (κ1) is 32.1. The van der Waals surface area contributed by atoms with Gasteiger partial charge in [-0.1, -0.05) is 23.7 Å². The van der Waals surface area contributed by atoms with E-state index in [2.05, 4.69) is 14.8 Å². The van der Waals surface area contributed by atoms with Crippen LogP contribution in [0.25, 0.3) is 5.69 Å². The molecule has 0 fully saturated rings. The highest BCUT2D eigenvalue weighted by Gasteiger charge is 2.36. The predicted octanol–water partition coefficient (Wildman–Crippen LogP) is 6.14. The van der Waals surface area contributed by atoms with Crippen molar-refractivity contribution in [1.82, 2.24) is 14.8 Å². The Morgan fingerprint density at radius 2 is 1.87 bits per heavy atom. The second-order valence-electron chi connectivity index (χ2n) is 10.7. The molecule has 0 saturated carbocycles. The summed E-state index contributed by atoms with van der Waals surface area (Å²) < 4.78 is 55.7. The molecule has 0 aliphatic heterocycles. The zero-order chi connectivity index (χ0) is 32.1. The fourth-order valence-electron chi connectivity index (χ4n) is 5.67. The van der Waals surface area contributed by atoms with Crippen LogP contribution in [0.4, 0.5) is 18.9 Å². The minimum atomic E-state index is -4.79. The summed E-state index contributed by atoms with van der Waals surface area (Å²) >= 11 is 6.31. The lowest BCUT2D eigenvalue weighted by Gasteiger charge is -2.33. The first-order valence-electron chi connectivity index (χ1n) is 14.3. The molecule has 0 amide bonds. The van der Waals surface area contributed by atoms with Gasteiger partial charge in [-0.3, -0.25) is 4.79 Å². The van der Waals surface area contributed by atoms with Crippen molar-refractivity contribution in [3.63, 3.8) is 0 Å². The summed E-state index contributed by atoms with van der Waals surface area (Å²) in [7, 11) is 3.33. The van der Waals surface area contributed by atoms with E-state index in [1.165, 1.54) is 18.5 Å². The van der Waals surface area contributed by atoms with E-state index in [-0.39, 0.29) is 24.7 Å². The molecule has 13 heteroatoms. The Labute approximate surface area is 263 Å². The number of hydrogen-bond donors (Lipinski definition) is 1. The molecule has 1 heterocycles. The van der Waals surface area contributed by atoms with Gasteiger partial charge in [-0.25, -0.2) is 9.67 Å². The topological polar surface area (TPSA) is 98.9 Å². The molecule has 2 atom stereocenters. The number of carbonyl (C=O) groups excluding carboxylic acids is 1. The number of benzene rings is 3. The van der Waals surface area contributed by atoms with E-state index >= 15 is 0 Å². The number of aliphatic hydroxyl groups is 1. The minimum Gasteiger partial charge on any atom is -0.497 e. The average Bonchev–Trinajstić information content (AvgIpc) is 3.47. The van der Waals surface area contributed by atoms with Crippen LogP contribution in [0.2, 0.25) is 5.02 Å². The van der Waals surface area contributed by atoms with Crippen LogP contribution < -0.4 is 19.1 Å². The highest BCUT2D eigenvalue weighted by molar-refractivity contribution is 6.30. The summed E-state index contributed by atoms with van der Waals surface area (Å²) in [5, 5.41) is 14.1. The molecule has 0 spiro atoms. The molecular formula is C32H32ClF3N4O5. The number of ketones is 1. The van der Waals surface area contributed by atoms with Gasteiger partial charge in [-0.15, -0.1) is 13.2 Å². The van der Waals surface area contributed by atoms with Gasteiger partial charge in [-0.05, 0) is 67.1 Å². The van der Waals surface area contributed by atoms with Crippen molar-refractivity contribution in [3.05, 3.63) is 89.0 Å². The number of halogens is 4. The predicted molar refractivity (Wildman–Crippen MR) is 161 cm³/mol. The lowest BCUT2D eigenvalue weighted by molar-refractivity contribution is -0.274. The number of ether oxygens (including phenoxy) is 3. The van der Waals surface area contributed by atoms with Crippen molar-refractivity contribution in [2.45, 2.75) is 38.1 Å². The smallest absolute Gasteiger partial charge is 0.497 e. The van der Waals surface area contributed by atoms with Gasteiger partial charge in [0.1, 0.15) is 42.6 Å². The Kier molecular flexibility index (Phi) is 9.83. The number of alkyl halides is 3. The Morgan fingerprint density at radius 3 is 2.56 bits per heavy atom. The fourth-order valence-corrected chi connectivity index (χ4v) is 5.83. The molecule has 0 bridgehead atoms. The summed E-state index contributed by atoms with van der Waals surface area (Å²) in [5.41, 5.74) is 3.46. The van der Waals surface area contributed by atoms with E-state index in [4.69, 9.17) is 21.1 Å². The van der Waals surface area contributed by atoms with Crippen LogP contribution >= 0.6 is 11.6 Å². The van der Waals surface area contributed by atoms with Crippen molar-refractivity contribution in [2.24, 2.45) is 5.92 Å². The van der Waals surface area contributed by atoms with E-state index in [9.17, 15) is 23.1 Å². The molecule has 0 saturated heterocycles. The third-order valence-corrected chi connectivity index (χ3v) is 8.05. The Bertz CT molecular complexity index is 1630. The molecule has 2 unspecified atom stereocenters. The van der Waals surface area contributed by atoms with E-state index in [0.29, 0.717) is 59.1 Å². The van der Waals surface area contributed by atoms with Gasteiger partial charge >= 0.3 is 6.36 Å². The molecule has 45 heavy (non-hydrogen) atoms. The Hall–Kier alpha value is -4.29. The van der Waals surface area contributed by atoms with Crippen LogP contribution in [-0.2, 0) is 17.6 Å². The Balaban J connectivity index is 1.52. The van der Waals surface area contributed by atoms with Gasteiger partial charge in [0, 0.05) is 41.4 Å². The van der Waals surface area contributed by atoms with Crippen LogP contribution in [-0.4, -0.2) is 59.4 Å². The maximum atomic E-state index is 14.6. The highest BCUT2D eigenvalue weighted by Crippen LogP contribution is 2.40. The number of rotatable bonds is 11. The molecule has 5 rings (SSSR count). The van der Waals surface area contributed by atoms with Gasteiger partial charge in [0.25, 0.3) is 0 Å². The third kappa shape index (κ3) is 7.69. The van der Waals surface area contributed by atoms with Crippen LogP contribution in [0.15, 0.2) is 67.3 Å². The monoisotopic (exact) mass is 644 g/mol. The summed E-state index contributed by atoms with van der Waals surface area (Å²) in [6, 6.07) is 13.9. The van der Waals surface area contributed by atoms with Crippen molar-refractivity contribution in [3.8, 4) is 22.9 Å². The molecule has 4 aromatic rings. The maximum absolute atomic E-state index is 14.6. The van der Waals surface area contributed by atoms with E-state index in [1.807, 2.05) is 11.0 Å². The number of hydrogen-bond acceptors (Lipinski definition) is 8. The van der Waals surface area contributed by atoms with Crippen molar-refractivity contribution < 1.29 is 37.3 Å². The molecule has 1 N–H and O–H groups in total. The summed E-state index contributed by atoms with van der Waals surface area (Å²) in [4.78, 5) is 20.5. The van der Waals surface area contributed by atoms with Crippen LogP contribution in [0.3, 0.4) is 0 Å². The number of nitrogens with zero attached hydrogens (tertiary/aromatic N) is 4. The Morgan fingerprint density at radius 1 is 1.09 bits per heavy atom. The first-order valence-corrected chi connectivity index (χ1v) is 14.7. The van der Waals surface area contributed by atoms with Gasteiger partial charge in [-0.2, -0.15) is 5.10 Å². The zero-order valence-electron chi connectivity index (χ0n) is 24.6. The third-order valence-electron chi connectivity index (χ3n) is 7.82. The van der Waals surface area contributed by atoms with E-state index in [0.717, 1.165) is 11.1 Å². The molecule has 238 valence electrons. The summed E-state index contributed by atoms with van der Waals surface area (Å²) in [5.74, 6) is 0.0753. The van der Waals surface area contributed by atoms with E-state index in [1.54, 1.807) is 61.6 Å². The largest absolute Gasteiger partial charge is 0.573 e. The summed E-state index contributed by atoms with van der Waals surface area (Å²) in [6.45, 7) is -0.243. The molecule has 9 nitrogen and oxygen atoms in total. The molecule has 1 aliphatic rings. The molecule has 0 radical (unpaired) electrons. The van der Waals surface area contributed by atoms with Gasteiger partial charge < -0.3 is 24.2 Å². The van der Waals surface area contributed by atoms with Crippen molar-refractivity contribution in [2.75, 3.05) is 32.3 Å². The van der Waals surface area contributed by atoms with Gasteiger partial charge in [0.15, 0.2) is 5.78 Å². The number of likely N-dealkylation sites (N-methyl/N-ethyl adjacent to an activating group) is 1. The van der Waals surface area contributed by atoms with Crippen LogP contribution in [0.1, 0.15) is 35.6 Å². The number of fused-ring (bicyclic) bond motifs is 1.